The number of nitrogens with one attached hydrogen (secondary N) is 2. The Morgan fingerprint density at radius 1 is 1.23 bits per heavy atom. The van der Waals surface area contributed by atoms with E-state index in [1.165, 1.54) is 24.3 Å². The summed E-state index contributed by atoms with van der Waals surface area (Å²) in [6, 6.07) is 7.53. The highest BCUT2D eigenvalue weighted by Crippen LogP contribution is 2.33. The summed E-state index contributed by atoms with van der Waals surface area (Å²) in [6.45, 7) is 1.80. The number of benzene rings is 2. The molecule has 1 aliphatic rings. The van der Waals surface area contributed by atoms with Gasteiger partial charge in [0.1, 0.15) is 11.6 Å². The molecule has 26 heavy (non-hydrogen) atoms. The van der Waals surface area contributed by atoms with E-state index in [1.54, 1.807) is 13.0 Å². The van der Waals surface area contributed by atoms with Crippen LogP contribution in [-0.4, -0.2) is 11.8 Å². The second-order valence-electron chi connectivity index (χ2n) is 6.31. The van der Waals surface area contributed by atoms with Gasteiger partial charge in [0.2, 0.25) is 11.8 Å². The third kappa shape index (κ3) is 3.85. The third-order valence-corrected chi connectivity index (χ3v) is 4.79. The van der Waals surface area contributed by atoms with Crippen LogP contribution in [0.2, 0.25) is 5.02 Å². The Hall–Kier alpha value is -2.47. The Labute approximate surface area is 154 Å². The van der Waals surface area contributed by atoms with Crippen LogP contribution in [-0.2, 0) is 9.59 Å². The molecule has 0 bridgehead atoms. The van der Waals surface area contributed by atoms with E-state index < -0.39 is 23.6 Å². The zero-order valence-electron chi connectivity index (χ0n) is 14.0. The lowest BCUT2D eigenvalue weighted by Gasteiger charge is -2.32. The van der Waals surface area contributed by atoms with E-state index in [9.17, 15) is 18.4 Å². The number of amides is 2. The molecule has 3 rings (SSSR count). The zero-order chi connectivity index (χ0) is 18.8. The van der Waals surface area contributed by atoms with Gasteiger partial charge in [0, 0.05) is 12.1 Å². The molecule has 2 aromatic carbocycles. The van der Waals surface area contributed by atoms with Gasteiger partial charge in [-0.3, -0.25) is 9.59 Å². The van der Waals surface area contributed by atoms with Crippen LogP contribution in [0.3, 0.4) is 0 Å². The van der Waals surface area contributed by atoms with Crippen LogP contribution in [0, 0.1) is 24.5 Å². The Morgan fingerprint density at radius 2 is 2.00 bits per heavy atom. The summed E-state index contributed by atoms with van der Waals surface area (Å²) in [6.07, 6.45) is 0.528. The molecule has 2 aromatic rings. The quantitative estimate of drug-likeness (QED) is 0.843. The maximum atomic E-state index is 13.7. The molecule has 4 nitrogen and oxygen atoms in total. The van der Waals surface area contributed by atoms with Gasteiger partial charge in [0.15, 0.2) is 0 Å². The average molecular weight is 379 g/mol. The first-order valence-electron chi connectivity index (χ1n) is 8.16. The lowest BCUT2D eigenvalue weighted by molar-refractivity contribution is -0.128. The van der Waals surface area contributed by atoms with Crippen molar-refractivity contribution in [3.05, 3.63) is 64.2 Å². The number of piperidine rings is 1. The van der Waals surface area contributed by atoms with Gasteiger partial charge < -0.3 is 10.6 Å². The SMILES string of the molecule is Cc1ccc(F)cc1[C@@H]1NC(=O)CCC1C(=O)Nc1ccc(F)c(Cl)c1. The largest absolute Gasteiger partial charge is 0.348 e. The highest BCUT2D eigenvalue weighted by Gasteiger charge is 2.35. The molecule has 1 unspecified atom stereocenters. The normalized spacial score (nSPS) is 19.8. The Kier molecular flexibility index (Phi) is 5.23. The molecule has 0 aromatic heterocycles. The Bertz CT molecular complexity index is 873. The summed E-state index contributed by atoms with van der Waals surface area (Å²) in [7, 11) is 0. The third-order valence-electron chi connectivity index (χ3n) is 4.50. The standard InChI is InChI=1S/C19H17ClF2N2O2/c1-10-2-3-11(21)8-14(10)18-13(5-7-17(25)24-18)19(26)23-12-4-6-16(22)15(20)9-12/h2-4,6,8-9,13,18H,5,7H2,1H3,(H,23,26)(H,24,25)/t13?,18-/m1/s1. The minimum Gasteiger partial charge on any atom is -0.348 e. The second-order valence-corrected chi connectivity index (χ2v) is 6.72. The van der Waals surface area contributed by atoms with Gasteiger partial charge in [-0.15, -0.1) is 0 Å². The van der Waals surface area contributed by atoms with Crippen molar-refractivity contribution in [2.75, 3.05) is 5.32 Å². The Morgan fingerprint density at radius 3 is 2.73 bits per heavy atom. The molecule has 136 valence electrons. The molecule has 0 spiro atoms. The van der Waals surface area contributed by atoms with Gasteiger partial charge in [-0.1, -0.05) is 17.7 Å². The van der Waals surface area contributed by atoms with Crippen molar-refractivity contribution in [3.8, 4) is 0 Å². The number of carbonyl (C=O) groups is 2. The summed E-state index contributed by atoms with van der Waals surface area (Å²) in [5.41, 5.74) is 1.70. The number of hydrogen-bond acceptors (Lipinski definition) is 2. The first-order chi connectivity index (χ1) is 12.3. The maximum Gasteiger partial charge on any atom is 0.229 e. The molecule has 2 amide bonds. The van der Waals surface area contributed by atoms with Crippen LogP contribution in [0.1, 0.15) is 30.0 Å². The van der Waals surface area contributed by atoms with E-state index >= 15 is 0 Å². The number of carbonyl (C=O) groups excluding carboxylic acids is 2. The summed E-state index contributed by atoms with van der Waals surface area (Å²) >= 11 is 5.74. The Balaban J connectivity index is 1.87. The van der Waals surface area contributed by atoms with Crippen LogP contribution in [0.25, 0.3) is 0 Å². The summed E-state index contributed by atoms with van der Waals surface area (Å²) in [5.74, 6) is -2.14. The molecule has 0 aliphatic carbocycles. The van der Waals surface area contributed by atoms with Crippen LogP contribution in [0.4, 0.5) is 14.5 Å². The zero-order valence-corrected chi connectivity index (χ0v) is 14.7. The topological polar surface area (TPSA) is 58.2 Å². The monoisotopic (exact) mass is 378 g/mol. The predicted molar refractivity (Wildman–Crippen MR) is 94.8 cm³/mol. The van der Waals surface area contributed by atoms with Crippen molar-refractivity contribution in [2.45, 2.75) is 25.8 Å². The molecule has 2 atom stereocenters. The minimum atomic E-state index is -0.636. The highest BCUT2D eigenvalue weighted by molar-refractivity contribution is 6.31. The minimum absolute atomic E-state index is 0.0997. The van der Waals surface area contributed by atoms with Crippen LogP contribution in [0.5, 0.6) is 0 Å². The number of rotatable bonds is 3. The molecule has 2 N–H and O–H groups in total. The first-order valence-corrected chi connectivity index (χ1v) is 8.54. The lowest BCUT2D eigenvalue weighted by atomic mass is 9.83. The van der Waals surface area contributed by atoms with Crippen molar-refractivity contribution >= 4 is 29.1 Å². The number of hydrogen-bond donors (Lipinski definition) is 2. The molecule has 1 saturated heterocycles. The number of aryl methyl sites for hydroxylation is 1. The number of halogens is 3. The van der Waals surface area contributed by atoms with Crippen LogP contribution < -0.4 is 10.6 Å². The fourth-order valence-corrected chi connectivity index (χ4v) is 3.31. The van der Waals surface area contributed by atoms with Gasteiger partial charge in [0.05, 0.1) is 17.0 Å². The van der Waals surface area contributed by atoms with Gasteiger partial charge in [0.25, 0.3) is 0 Å². The fraction of sp³-hybridized carbons (Fsp3) is 0.263. The van der Waals surface area contributed by atoms with E-state index in [-0.39, 0.29) is 23.3 Å². The summed E-state index contributed by atoms with van der Waals surface area (Å²) in [4.78, 5) is 24.6. The van der Waals surface area contributed by atoms with Crippen molar-refractivity contribution < 1.29 is 18.4 Å². The van der Waals surface area contributed by atoms with E-state index in [2.05, 4.69) is 10.6 Å². The predicted octanol–water partition coefficient (Wildman–Crippen LogP) is 4.13. The van der Waals surface area contributed by atoms with Crippen LogP contribution >= 0.6 is 11.6 Å². The van der Waals surface area contributed by atoms with E-state index in [4.69, 9.17) is 11.6 Å². The molecule has 1 heterocycles. The van der Waals surface area contributed by atoms with Gasteiger partial charge in [-0.2, -0.15) is 0 Å². The molecule has 0 saturated carbocycles. The smallest absolute Gasteiger partial charge is 0.229 e. The van der Waals surface area contributed by atoms with E-state index in [1.807, 2.05) is 0 Å². The van der Waals surface area contributed by atoms with Crippen molar-refractivity contribution in [1.82, 2.24) is 5.32 Å². The summed E-state index contributed by atoms with van der Waals surface area (Å²) < 4.78 is 27.0. The molecular weight excluding hydrogens is 362 g/mol. The fourth-order valence-electron chi connectivity index (χ4n) is 3.13. The van der Waals surface area contributed by atoms with E-state index in [0.29, 0.717) is 17.7 Å². The molecule has 0 radical (unpaired) electrons. The number of anilines is 1. The highest BCUT2D eigenvalue weighted by atomic mass is 35.5. The molecular formula is C19H17ClF2N2O2. The average Bonchev–Trinajstić information content (AvgIpc) is 2.60. The summed E-state index contributed by atoms with van der Waals surface area (Å²) in [5, 5.41) is 5.38. The van der Waals surface area contributed by atoms with Crippen molar-refractivity contribution in [3.63, 3.8) is 0 Å². The molecule has 7 heteroatoms. The first kappa shape index (κ1) is 18.3. The molecule has 1 aliphatic heterocycles. The van der Waals surface area contributed by atoms with Crippen molar-refractivity contribution in [2.24, 2.45) is 5.92 Å². The van der Waals surface area contributed by atoms with Gasteiger partial charge in [-0.25, -0.2) is 8.78 Å². The van der Waals surface area contributed by atoms with Gasteiger partial charge >= 0.3 is 0 Å². The molecule has 1 fully saturated rings. The van der Waals surface area contributed by atoms with E-state index in [0.717, 1.165) is 11.6 Å². The lowest BCUT2D eigenvalue weighted by Crippen LogP contribution is -2.43. The second kappa shape index (κ2) is 7.41. The maximum absolute atomic E-state index is 13.7. The van der Waals surface area contributed by atoms with Gasteiger partial charge in [-0.05, 0) is 54.8 Å². The van der Waals surface area contributed by atoms with Crippen LogP contribution in [0.15, 0.2) is 36.4 Å². The van der Waals surface area contributed by atoms with Crippen molar-refractivity contribution in [1.29, 1.82) is 0 Å².